The summed E-state index contributed by atoms with van der Waals surface area (Å²) >= 11 is 0. The van der Waals surface area contributed by atoms with Gasteiger partial charge in [0.1, 0.15) is 12.5 Å². The summed E-state index contributed by atoms with van der Waals surface area (Å²) in [5.41, 5.74) is 3.62. The van der Waals surface area contributed by atoms with Crippen LogP contribution in [0.5, 0.6) is 0 Å². The summed E-state index contributed by atoms with van der Waals surface area (Å²) in [6, 6.07) is 6.56. The molecule has 182 valence electrons. The van der Waals surface area contributed by atoms with Gasteiger partial charge in [0.2, 0.25) is 0 Å². The molecule has 0 aromatic carbocycles. The quantitative estimate of drug-likeness (QED) is 0.308. The molecule has 0 atom stereocenters. The van der Waals surface area contributed by atoms with Crippen molar-refractivity contribution in [2.45, 2.75) is 70.7 Å². The van der Waals surface area contributed by atoms with E-state index in [-0.39, 0.29) is 18.7 Å². The minimum atomic E-state index is -1.16. The van der Waals surface area contributed by atoms with Gasteiger partial charge in [0.05, 0.1) is 29.5 Å². The molecular weight excluding hydrogens is 448 g/mol. The molecule has 34 heavy (non-hydrogen) atoms. The number of hydrogen-bond donors (Lipinski definition) is 3. The Morgan fingerprint density at radius 3 is 2.74 bits per heavy atom. The zero-order chi connectivity index (χ0) is 24.1. The molecule has 0 bridgehead atoms. The number of aliphatic hydroxyl groups is 1. The molecule has 0 radical (unpaired) electrons. The maximum atomic E-state index is 12.3. The van der Waals surface area contributed by atoms with Crippen molar-refractivity contribution in [3.05, 3.63) is 36.3 Å². The van der Waals surface area contributed by atoms with E-state index in [1.807, 2.05) is 12.1 Å². The molecule has 3 heterocycles. The van der Waals surface area contributed by atoms with E-state index < -0.39 is 8.07 Å². The maximum absolute atomic E-state index is 12.3. The van der Waals surface area contributed by atoms with Crippen LogP contribution in [-0.2, 0) is 18.1 Å². The van der Waals surface area contributed by atoms with Gasteiger partial charge in [-0.05, 0) is 37.1 Å². The van der Waals surface area contributed by atoms with Crippen LogP contribution in [0.4, 0.5) is 10.6 Å². The molecule has 10 heteroatoms. The fourth-order valence-electron chi connectivity index (χ4n) is 4.09. The summed E-state index contributed by atoms with van der Waals surface area (Å²) in [5, 5.41) is 20.3. The summed E-state index contributed by atoms with van der Waals surface area (Å²) in [7, 11) is -1.16. The first-order chi connectivity index (χ1) is 16.3. The number of ether oxygens (including phenoxy) is 1. The number of rotatable bonds is 9. The van der Waals surface area contributed by atoms with Crippen LogP contribution in [-0.4, -0.2) is 51.6 Å². The molecule has 0 spiro atoms. The van der Waals surface area contributed by atoms with Crippen LogP contribution < -0.4 is 10.6 Å². The van der Waals surface area contributed by atoms with Crippen molar-refractivity contribution in [2.24, 2.45) is 0 Å². The highest BCUT2D eigenvalue weighted by Gasteiger charge is 2.18. The molecule has 2 amide bonds. The molecule has 3 N–H and O–H groups in total. The lowest BCUT2D eigenvalue weighted by Crippen LogP contribution is -2.36. The van der Waals surface area contributed by atoms with Gasteiger partial charge in [0.25, 0.3) is 0 Å². The van der Waals surface area contributed by atoms with Gasteiger partial charge >= 0.3 is 6.03 Å². The Morgan fingerprint density at radius 2 is 2.00 bits per heavy atom. The molecule has 0 saturated heterocycles. The summed E-state index contributed by atoms with van der Waals surface area (Å²) in [5.74, 6) is 0.468. The van der Waals surface area contributed by atoms with Crippen LogP contribution in [0, 0.1) is 0 Å². The van der Waals surface area contributed by atoms with E-state index in [1.165, 1.54) is 0 Å². The van der Waals surface area contributed by atoms with Gasteiger partial charge in [0.15, 0.2) is 0 Å². The Kier molecular flexibility index (Phi) is 7.59. The van der Waals surface area contributed by atoms with Gasteiger partial charge in [-0.3, -0.25) is 10.3 Å². The Labute approximate surface area is 201 Å². The number of carbonyl (C=O) groups excluding carboxylic acids is 1. The van der Waals surface area contributed by atoms with Gasteiger partial charge in [-0.25, -0.2) is 14.5 Å². The summed E-state index contributed by atoms with van der Waals surface area (Å²) < 4.78 is 7.49. The molecule has 4 rings (SSSR count). The third kappa shape index (κ3) is 6.19. The molecule has 3 aromatic rings. The third-order valence-corrected chi connectivity index (χ3v) is 7.79. The number of carbonyl (C=O) groups is 1. The van der Waals surface area contributed by atoms with Gasteiger partial charge < -0.3 is 15.2 Å². The highest BCUT2D eigenvalue weighted by atomic mass is 28.3. The zero-order valence-electron chi connectivity index (χ0n) is 20.2. The molecule has 1 aliphatic carbocycles. The van der Waals surface area contributed by atoms with Crippen molar-refractivity contribution in [3.8, 4) is 11.1 Å². The number of fused-ring (bicyclic) bond motifs is 1. The van der Waals surface area contributed by atoms with Crippen molar-refractivity contribution in [3.63, 3.8) is 0 Å². The first kappa shape index (κ1) is 24.3. The lowest BCUT2D eigenvalue weighted by Gasteiger charge is -2.15. The Hall–Kier alpha value is -2.82. The number of nitrogens with one attached hydrogen (secondary N) is 2. The van der Waals surface area contributed by atoms with Crippen LogP contribution in [0.1, 0.15) is 31.4 Å². The van der Waals surface area contributed by atoms with Gasteiger partial charge in [-0.1, -0.05) is 32.5 Å². The highest BCUT2D eigenvalue weighted by Crippen LogP contribution is 2.26. The smallest absolute Gasteiger partial charge is 0.320 e. The van der Waals surface area contributed by atoms with E-state index >= 15 is 0 Å². The molecule has 1 fully saturated rings. The van der Waals surface area contributed by atoms with E-state index in [0.29, 0.717) is 30.4 Å². The van der Waals surface area contributed by atoms with E-state index in [1.54, 1.807) is 23.1 Å². The van der Waals surface area contributed by atoms with E-state index in [2.05, 4.69) is 45.3 Å². The van der Waals surface area contributed by atoms with Gasteiger partial charge in [-0.2, -0.15) is 5.10 Å². The molecule has 9 nitrogen and oxygen atoms in total. The van der Waals surface area contributed by atoms with E-state index in [4.69, 9.17) is 4.74 Å². The number of amides is 2. The van der Waals surface area contributed by atoms with Crippen molar-refractivity contribution < 1.29 is 14.6 Å². The van der Waals surface area contributed by atoms with E-state index in [9.17, 15) is 9.90 Å². The lowest BCUT2D eigenvalue weighted by atomic mass is 10.1. The highest BCUT2D eigenvalue weighted by molar-refractivity contribution is 6.76. The summed E-state index contributed by atoms with van der Waals surface area (Å²) in [6.07, 6.45) is 7.82. The fourth-order valence-corrected chi connectivity index (χ4v) is 4.85. The van der Waals surface area contributed by atoms with Crippen molar-refractivity contribution in [2.75, 3.05) is 11.9 Å². The number of nitrogens with zero attached hydrogens (tertiary/aromatic N) is 4. The zero-order valence-corrected chi connectivity index (χ0v) is 21.2. The molecule has 0 aliphatic heterocycles. The SMILES string of the molecule is C[Si](C)(C)CCOCn1ncc(-c2cnc3ccc(NC(=O)NC4CCCC4)nc3c2)c1CO. The maximum Gasteiger partial charge on any atom is 0.320 e. The molecular formula is C24H34N6O3Si. The second-order valence-electron chi connectivity index (χ2n) is 10.0. The predicted octanol–water partition coefficient (Wildman–Crippen LogP) is 4.36. The number of pyridine rings is 2. The molecule has 3 aromatic heterocycles. The normalized spacial score (nSPS) is 14.6. The minimum Gasteiger partial charge on any atom is -0.390 e. The average Bonchev–Trinajstić information content (AvgIpc) is 3.45. The number of hydrogen-bond acceptors (Lipinski definition) is 6. The standard InChI is InChI=1S/C24H34N6O3Si/c1-34(2,3)11-10-33-16-30-22(15-31)19(14-26-30)17-12-21-20(25-13-17)8-9-23(28-21)29-24(32)27-18-6-4-5-7-18/h8-9,12-14,18,31H,4-7,10-11,15-16H2,1-3H3,(H2,27,28,29,32). The Bertz CT molecular complexity index is 1140. The number of urea groups is 1. The Morgan fingerprint density at radius 1 is 1.21 bits per heavy atom. The van der Waals surface area contributed by atoms with Crippen molar-refractivity contribution in [1.82, 2.24) is 25.1 Å². The van der Waals surface area contributed by atoms with Gasteiger partial charge in [0, 0.05) is 38.0 Å². The van der Waals surface area contributed by atoms with Crippen molar-refractivity contribution >= 4 is 31.0 Å². The second-order valence-corrected chi connectivity index (χ2v) is 15.7. The second kappa shape index (κ2) is 10.6. The van der Waals surface area contributed by atoms with Crippen LogP contribution in [0.15, 0.2) is 30.6 Å². The average molecular weight is 483 g/mol. The van der Waals surface area contributed by atoms with Crippen LogP contribution in [0.3, 0.4) is 0 Å². The number of aromatic nitrogens is 4. The van der Waals surface area contributed by atoms with Crippen LogP contribution in [0.2, 0.25) is 25.7 Å². The molecule has 0 unspecified atom stereocenters. The number of aliphatic hydroxyl groups excluding tert-OH is 1. The first-order valence-electron chi connectivity index (χ1n) is 11.9. The third-order valence-electron chi connectivity index (χ3n) is 6.09. The lowest BCUT2D eigenvalue weighted by molar-refractivity contribution is 0.0732. The topological polar surface area (TPSA) is 114 Å². The largest absolute Gasteiger partial charge is 0.390 e. The predicted molar refractivity (Wildman–Crippen MR) is 135 cm³/mol. The monoisotopic (exact) mass is 482 g/mol. The number of anilines is 1. The van der Waals surface area contributed by atoms with Crippen LogP contribution >= 0.6 is 0 Å². The summed E-state index contributed by atoms with van der Waals surface area (Å²) in [6.45, 7) is 7.74. The fraction of sp³-hybridized carbons (Fsp3) is 0.500. The molecule has 1 saturated carbocycles. The Balaban J connectivity index is 1.48. The van der Waals surface area contributed by atoms with Crippen LogP contribution in [0.25, 0.3) is 22.2 Å². The first-order valence-corrected chi connectivity index (χ1v) is 15.6. The van der Waals surface area contributed by atoms with Gasteiger partial charge in [-0.15, -0.1) is 0 Å². The molecule has 1 aliphatic rings. The minimum absolute atomic E-state index is 0.166. The van der Waals surface area contributed by atoms with Crippen molar-refractivity contribution in [1.29, 1.82) is 0 Å². The summed E-state index contributed by atoms with van der Waals surface area (Å²) in [4.78, 5) is 21.4. The van der Waals surface area contributed by atoms with E-state index in [0.717, 1.165) is 48.4 Å².